The number of ether oxygens (including phenoxy) is 2. The second kappa shape index (κ2) is 6.16. The predicted molar refractivity (Wildman–Crippen MR) is 69.7 cm³/mol. The molecule has 1 saturated heterocycles. The zero-order valence-corrected chi connectivity index (χ0v) is 11.7. The van der Waals surface area contributed by atoms with E-state index in [-0.39, 0.29) is 18.1 Å². The van der Waals surface area contributed by atoms with Crippen LogP contribution in [-0.4, -0.2) is 60.1 Å². The van der Waals surface area contributed by atoms with Crippen molar-refractivity contribution in [3.63, 3.8) is 0 Å². The molecule has 1 amide bonds. The van der Waals surface area contributed by atoms with Gasteiger partial charge in [0.15, 0.2) is 0 Å². The van der Waals surface area contributed by atoms with Crippen molar-refractivity contribution in [2.45, 2.75) is 25.0 Å². The fourth-order valence-corrected chi connectivity index (χ4v) is 2.53. The molecule has 6 heteroatoms. The van der Waals surface area contributed by atoms with Crippen LogP contribution < -0.4 is 0 Å². The lowest BCUT2D eigenvalue weighted by Gasteiger charge is -2.23. The summed E-state index contributed by atoms with van der Waals surface area (Å²) < 4.78 is 12.3. The van der Waals surface area contributed by atoms with Crippen LogP contribution in [0, 0.1) is 0 Å². The van der Waals surface area contributed by atoms with Gasteiger partial charge in [-0.15, -0.1) is 0 Å². The molecule has 2 atom stereocenters. The third kappa shape index (κ3) is 3.13. The highest BCUT2D eigenvalue weighted by atomic mass is 16.5. The summed E-state index contributed by atoms with van der Waals surface area (Å²) in [5, 5.41) is 4.08. The molecule has 1 aliphatic rings. The molecule has 1 fully saturated rings. The number of methoxy groups -OCH3 is 2. The molecular formula is C13H21N3O3. The van der Waals surface area contributed by atoms with Crippen molar-refractivity contribution in [3.05, 3.63) is 18.0 Å². The van der Waals surface area contributed by atoms with E-state index in [2.05, 4.69) is 5.10 Å². The molecule has 6 nitrogen and oxygen atoms in total. The Morgan fingerprint density at radius 2 is 2.32 bits per heavy atom. The quantitative estimate of drug-likeness (QED) is 0.766. The smallest absolute Gasteiger partial charge is 0.228 e. The minimum absolute atomic E-state index is 0.102. The zero-order chi connectivity index (χ0) is 13.8. The Bertz CT molecular complexity index is 433. The van der Waals surface area contributed by atoms with Gasteiger partial charge in [-0.3, -0.25) is 9.48 Å². The van der Waals surface area contributed by atoms with Gasteiger partial charge in [0.05, 0.1) is 25.2 Å². The fraction of sp³-hybridized carbons (Fsp3) is 0.692. The van der Waals surface area contributed by atoms with Gasteiger partial charge in [-0.2, -0.15) is 5.10 Å². The second-order valence-electron chi connectivity index (χ2n) is 4.87. The van der Waals surface area contributed by atoms with Crippen LogP contribution in [0.15, 0.2) is 12.3 Å². The zero-order valence-electron chi connectivity index (χ0n) is 11.7. The first-order valence-electron chi connectivity index (χ1n) is 6.43. The normalized spacial score (nSPS) is 23.0. The number of carbonyl (C=O) groups is 1. The first kappa shape index (κ1) is 14.0. The van der Waals surface area contributed by atoms with E-state index in [9.17, 15) is 4.79 Å². The minimum atomic E-state index is 0.102. The third-order valence-corrected chi connectivity index (χ3v) is 3.64. The van der Waals surface area contributed by atoms with E-state index in [0.717, 1.165) is 12.1 Å². The number of hydrogen-bond donors (Lipinski definition) is 0. The van der Waals surface area contributed by atoms with Crippen LogP contribution in [0.4, 0.5) is 0 Å². The number of rotatable bonds is 5. The highest BCUT2D eigenvalue weighted by Crippen LogP contribution is 2.21. The van der Waals surface area contributed by atoms with Gasteiger partial charge in [0.1, 0.15) is 0 Å². The first-order valence-corrected chi connectivity index (χ1v) is 6.43. The highest BCUT2D eigenvalue weighted by molar-refractivity contribution is 5.79. The number of hydrogen-bond acceptors (Lipinski definition) is 4. The van der Waals surface area contributed by atoms with Crippen LogP contribution in [0.3, 0.4) is 0 Å². The minimum Gasteiger partial charge on any atom is -0.383 e. The molecule has 106 valence electrons. The lowest BCUT2D eigenvalue weighted by molar-refractivity contribution is -0.132. The summed E-state index contributed by atoms with van der Waals surface area (Å²) in [7, 11) is 5.19. The van der Waals surface area contributed by atoms with Gasteiger partial charge in [0.25, 0.3) is 0 Å². The van der Waals surface area contributed by atoms with Crippen LogP contribution in [0.2, 0.25) is 0 Å². The number of likely N-dealkylation sites (tertiary alicyclic amines) is 1. The van der Waals surface area contributed by atoms with E-state index in [1.165, 1.54) is 0 Å². The van der Waals surface area contributed by atoms with Gasteiger partial charge < -0.3 is 14.4 Å². The van der Waals surface area contributed by atoms with Gasteiger partial charge in [-0.1, -0.05) is 0 Å². The van der Waals surface area contributed by atoms with Gasteiger partial charge in [-0.05, 0) is 12.5 Å². The Hall–Kier alpha value is -1.40. The Labute approximate surface area is 113 Å². The second-order valence-corrected chi connectivity index (χ2v) is 4.87. The Morgan fingerprint density at radius 3 is 2.89 bits per heavy atom. The molecule has 1 aromatic heterocycles. The number of nitrogens with zero attached hydrogens (tertiary/aromatic N) is 3. The largest absolute Gasteiger partial charge is 0.383 e. The molecule has 0 saturated carbocycles. The van der Waals surface area contributed by atoms with Gasteiger partial charge in [0, 0.05) is 39.7 Å². The standard InChI is InChI=1S/C13H21N3O3/c1-15-10(4-5-14-15)7-13(17)16-8-12(19-3)6-11(16)9-18-2/h4-5,11-12H,6-9H2,1-3H3/t11-,12-/m0/s1. The molecule has 19 heavy (non-hydrogen) atoms. The lowest BCUT2D eigenvalue weighted by Crippen LogP contribution is -2.39. The highest BCUT2D eigenvalue weighted by Gasteiger charge is 2.35. The van der Waals surface area contributed by atoms with Crippen LogP contribution in [0.25, 0.3) is 0 Å². The summed E-state index contributed by atoms with van der Waals surface area (Å²) in [5.74, 6) is 0.102. The summed E-state index contributed by atoms with van der Waals surface area (Å²) in [5.41, 5.74) is 0.919. The molecule has 2 heterocycles. The summed E-state index contributed by atoms with van der Waals surface area (Å²) in [6, 6.07) is 1.98. The van der Waals surface area contributed by atoms with Crippen molar-refractivity contribution >= 4 is 5.91 Å². The summed E-state index contributed by atoms with van der Waals surface area (Å²) in [6.45, 7) is 1.19. The average molecular weight is 267 g/mol. The molecule has 0 N–H and O–H groups in total. The maximum absolute atomic E-state index is 12.4. The molecular weight excluding hydrogens is 246 g/mol. The van der Waals surface area contributed by atoms with Crippen LogP contribution in [0.5, 0.6) is 0 Å². The Kier molecular flexibility index (Phi) is 4.55. The van der Waals surface area contributed by atoms with Crippen molar-refractivity contribution < 1.29 is 14.3 Å². The summed E-state index contributed by atoms with van der Waals surface area (Å²) >= 11 is 0. The molecule has 1 aliphatic heterocycles. The number of amides is 1. The number of aromatic nitrogens is 2. The fourth-order valence-electron chi connectivity index (χ4n) is 2.53. The summed E-state index contributed by atoms with van der Waals surface area (Å²) in [6.07, 6.45) is 3.02. The SMILES string of the molecule is COC[C@@H]1C[C@H](OC)CN1C(=O)Cc1ccnn1C. The predicted octanol–water partition coefficient (Wildman–Crippen LogP) is 0.225. The molecule has 0 aromatic carbocycles. The van der Waals surface area contributed by atoms with Crippen LogP contribution in [0.1, 0.15) is 12.1 Å². The van der Waals surface area contributed by atoms with E-state index in [1.807, 2.05) is 18.0 Å². The van der Waals surface area contributed by atoms with E-state index in [4.69, 9.17) is 9.47 Å². The molecule has 0 unspecified atom stereocenters. The Morgan fingerprint density at radius 1 is 1.53 bits per heavy atom. The molecule has 0 bridgehead atoms. The van der Waals surface area contributed by atoms with Gasteiger partial charge in [-0.25, -0.2) is 0 Å². The van der Waals surface area contributed by atoms with E-state index < -0.39 is 0 Å². The molecule has 0 aliphatic carbocycles. The van der Waals surface area contributed by atoms with Crippen LogP contribution >= 0.6 is 0 Å². The van der Waals surface area contributed by atoms with E-state index >= 15 is 0 Å². The number of aryl methyl sites for hydroxylation is 1. The van der Waals surface area contributed by atoms with E-state index in [1.54, 1.807) is 25.1 Å². The van der Waals surface area contributed by atoms with Gasteiger partial charge >= 0.3 is 0 Å². The summed E-state index contributed by atoms with van der Waals surface area (Å²) in [4.78, 5) is 14.3. The van der Waals surface area contributed by atoms with Gasteiger partial charge in [0.2, 0.25) is 5.91 Å². The Balaban J connectivity index is 2.02. The average Bonchev–Trinajstić information content (AvgIpc) is 2.97. The van der Waals surface area contributed by atoms with Crippen LogP contribution in [-0.2, 0) is 27.7 Å². The first-order chi connectivity index (χ1) is 9.15. The van der Waals surface area contributed by atoms with Crippen molar-refractivity contribution in [1.29, 1.82) is 0 Å². The van der Waals surface area contributed by atoms with Crippen molar-refractivity contribution in [3.8, 4) is 0 Å². The molecule has 2 rings (SSSR count). The van der Waals surface area contributed by atoms with E-state index in [0.29, 0.717) is 19.6 Å². The lowest BCUT2D eigenvalue weighted by atomic mass is 10.2. The maximum atomic E-state index is 12.4. The molecule has 0 spiro atoms. The van der Waals surface area contributed by atoms with Crippen molar-refractivity contribution in [2.75, 3.05) is 27.4 Å². The molecule has 0 radical (unpaired) electrons. The monoisotopic (exact) mass is 267 g/mol. The third-order valence-electron chi connectivity index (χ3n) is 3.64. The van der Waals surface area contributed by atoms with Crippen molar-refractivity contribution in [2.24, 2.45) is 7.05 Å². The number of carbonyl (C=O) groups excluding carboxylic acids is 1. The van der Waals surface area contributed by atoms with Crippen molar-refractivity contribution in [1.82, 2.24) is 14.7 Å². The molecule has 1 aromatic rings. The maximum Gasteiger partial charge on any atom is 0.228 e. The topological polar surface area (TPSA) is 56.6 Å².